The normalized spacial score (nSPS) is 15.3. The molecule has 0 atom stereocenters. The number of hydrogen-bond acceptors (Lipinski definition) is 9. The number of sulfonamides is 1. The average Bonchev–Trinajstić information content (AvgIpc) is 3.50. The molecule has 3 heterocycles. The van der Waals surface area contributed by atoms with Gasteiger partial charge in [0, 0.05) is 48.0 Å². The number of anilines is 1. The van der Waals surface area contributed by atoms with Gasteiger partial charge >= 0.3 is 0 Å². The van der Waals surface area contributed by atoms with Gasteiger partial charge in [0.2, 0.25) is 15.2 Å². The first kappa shape index (κ1) is 25.8. The van der Waals surface area contributed by atoms with Gasteiger partial charge in [0.1, 0.15) is 11.5 Å². The maximum Gasteiger partial charge on any atom is 0.279 e. The van der Waals surface area contributed by atoms with Crippen LogP contribution >= 0.6 is 34.5 Å². The molecular formula is C22H24ClN5O4S3. The van der Waals surface area contributed by atoms with Crippen LogP contribution in [0.15, 0.2) is 28.5 Å². The van der Waals surface area contributed by atoms with Crippen LogP contribution in [0, 0.1) is 6.92 Å². The molecular weight excluding hydrogens is 530 g/mol. The van der Waals surface area contributed by atoms with Crippen molar-refractivity contribution in [3.8, 4) is 0 Å². The number of amides is 1. The minimum Gasteiger partial charge on any atom is -0.300 e. The van der Waals surface area contributed by atoms with Crippen molar-refractivity contribution in [2.75, 3.05) is 25.0 Å². The number of Topliss-reactive ketones (excluding diaryl/α,β-unsaturated/α-hetero) is 1. The Morgan fingerprint density at radius 1 is 1.23 bits per heavy atom. The molecule has 0 N–H and O–H groups in total. The topological polar surface area (TPSA) is 113 Å². The van der Waals surface area contributed by atoms with Crippen LogP contribution in [0.1, 0.15) is 52.6 Å². The number of carbonyl (C=O) groups is 2. The summed E-state index contributed by atoms with van der Waals surface area (Å²) in [4.78, 5) is 34.6. The average molecular weight is 554 g/mol. The number of benzene rings is 1. The van der Waals surface area contributed by atoms with Gasteiger partial charge in [-0.05, 0) is 44.4 Å². The first-order valence-electron chi connectivity index (χ1n) is 10.9. The lowest BCUT2D eigenvalue weighted by atomic mass is 9.99. The predicted octanol–water partition coefficient (Wildman–Crippen LogP) is 3.93. The minimum atomic E-state index is -3.62. The Hall–Kier alpha value is -2.25. The highest BCUT2D eigenvalue weighted by atomic mass is 35.5. The highest BCUT2D eigenvalue weighted by Gasteiger charge is 2.32. The Kier molecular flexibility index (Phi) is 7.67. The molecule has 0 saturated carbocycles. The van der Waals surface area contributed by atoms with Gasteiger partial charge < -0.3 is 0 Å². The van der Waals surface area contributed by atoms with Gasteiger partial charge in [0.05, 0.1) is 16.3 Å². The zero-order valence-corrected chi connectivity index (χ0v) is 22.6. The number of hydrogen-bond donors (Lipinski definition) is 0. The third-order valence-electron chi connectivity index (χ3n) is 5.78. The molecule has 1 aromatic carbocycles. The summed E-state index contributed by atoms with van der Waals surface area (Å²) in [5.41, 5.74) is 1.13. The number of aryl methyl sites for hydroxylation is 1. The molecule has 1 amide bonds. The van der Waals surface area contributed by atoms with E-state index in [4.69, 9.17) is 11.6 Å². The van der Waals surface area contributed by atoms with Crippen LogP contribution in [-0.2, 0) is 21.2 Å². The molecule has 0 bridgehead atoms. The maximum atomic E-state index is 13.0. The highest BCUT2D eigenvalue weighted by molar-refractivity contribution is 7.89. The van der Waals surface area contributed by atoms with Crippen LogP contribution < -0.4 is 4.90 Å². The Bertz CT molecular complexity index is 1360. The van der Waals surface area contributed by atoms with E-state index in [1.165, 1.54) is 33.5 Å². The minimum absolute atomic E-state index is 0.0472. The number of carbonyl (C=O) groups excluding carboxylic acids is 2. The van der Waals surface area contributed by atoms with Crippen molar-refractivity contribution in [2.45, 2.75) is 43.9 Å². The molecule has 35 heavy (non-hydrogen) atoms. The first-order chi connectivity index (χ1) is 16.6. The third-order valence-corrected chi connectivity index (χ3v) is 9.92. The van der Waals surface area contributed by atoms with Crippen molar-refractivity contribution in [3.05, 3.63) is 50.7 Å². The number of halogens is 1. The Balaban J connectivity index is 1.40. The number of aromatic nitrogens is 3. The Morgan fingerprint density at radius 2 is 1.94 bits per heavy atom. The van der Waals surface area contributed by atoms with Gasteiger partial charge in [-0.1, -0.05) is 17.7 Å². The predicted molar refractivity (Wildman–Crippen MR) is 136 cm³/mol. The molecule has 0 radical (unpaired) electrons. The lowest BCUT2D eigenvalue weighted by molar-refractivity contribution is -0.116. The lowest BCUT2D eigenvalue weighted by Crippen LogP contribution is -2.37. The molecule has 0 aliphatic carbocycles. The second-order valence-corrected chi connectivity index (χ2v) is 12.4. The largest absolute Gasteiger partial charge is 0.300 e. The fourth-order valence-corrected chi connectivity index (χ4v) is 7.08. The van der Waals surface area contributed by atoms with Crippen molar-refractivity contribution >= 4 is 61.3 Å². The number of thiazole rings is 1. The second kappa shape index (κ2) is 10.4. The summed E-state index contributed by atoms with van der Waals surface area (Å²) in [5.74, 6) is 0.109. The van der Waals surface area contributed by atoms with E-state index in [9.17, 15) is 18.0 Å². The molecule has 1 fully saturated rings. The van der Waals surface area contributed by atoms with Crippen molar-refractivity contribution in [3.63, 3.8) is 0 Å². The molecule has 1 saturated heterocycles. The van der Waals surface area contributed by atoms with Crippen LogP contribution in [0.25, 0.3) is 0 Å². The zero-order chi connectivity index (χ0) is 25.3. The summed E-state index contributed by atoms with van der Waals surface area (Å²) < 4.78 is 31.7. The van der Waals surface area contributed by atoms with E-state index >= 15 is 0 Å². The van der Waals surface area contributed by atoms with Gasteiger partial charge in [-0.3, -0.25) is 14.5 Å². The van der Waals surface area contributed by atoms with E-state index < -0.39 is 10.0 Å². The number of piperidine rings is 1. The third kappa shape index (κ3) is 5.61. The van der Waals surface area contributed by atoms with Gasteiger partial charge in [0.15, 0.2) is 5.82 Å². The van der Waals surface area contributed by atoms with Gasteiger partial charge in [-0.25, -0.2) is 18.4 Å². The summed E-state index contributed by atoms with van der Waals surface area (Å²) in [6, 6.07) is 4.78. The molecule has 1 aliphatic heterocycles. The number of nitrogens with zero attached hydrogens (tertiary/aromatic N) is 5. The van der Waals surface area contributed by atoms with E-state index in [0.29, 0.717) is 47.6 Å². The van der Waals surface area contributed by atoms with Crippen LogP contribution in [0.2, 0.25) is 5.02 Å². The molecule has 186 valence electrons. The van der Waals surface area contributed by atoms with E-state index in [2.05, 4.69) is 14.3 Å². The molecule has 4 rings (SSSR count). The van der Waals surface area contributed by atoms with Crippen LogP contribution in [0.5, 0.6) is 0 Å². The summed E-state index contributed by atoms with van der Waals surface area (Å²) >= 11 is 8.59. The van der Waals surface area contributed by atoms with E-state index in [-0.39, 0.29) is 28.9 Å². The SMILES string of the molecule is CC(=O)Cc1nsc(N(C)C(=O)c2csc(C3CCN(S(=O)(=O)c4ccc(C)c(Cl)c4)CC3)n2)n1. The fraction of sp³-hybridized carbons (Fsp3) is 0.409. The van der Waals surface area contributed by atoms with E-state index in [0.717, 1.165) is 22.1 Å². The van der Waals surface area contributed by atoms with Crippen molar-refractivity contribution in [1.29, 1.82) is 0 Å². The van der Waals surface area contributed by atoms with Crippen LogP contribution in [-0.4, -0.2) is 58.9 Å². The molecule has 3 aromatic rings. The van der Waals surface area contributed by atoms with E-state index in [1.54, 1.807) is 24.6 Å². The quantitative estimate of drug-likeness (QED) is 0.435. The molecule has 1 aliphatic rings. The second-order valence-electron chi connectivity index (χ2n) is 8.40. The number of ketones is 1. The Labute approximate surface area is 217 Å². The van der Waals surface area contributed by atoms with Crippen molar-refractivity contribution in [1.82, 2.24) is 18.6 Å². The summed E-state index contributed by atoms with van der Waals surface area (Å²) in [6.07, 6.45) is 1.35. The summed E-state index contributed by atoms with van der Waals surface area (Å²) in [7, 11) is -2.03. The van der Waals surface area contributed by atoms with Crippen LogP contribution in [0.3, 0.4) is 0 Å². The summed E-state index contributed by atoms with van der Waals surface area (Å²) in [5, 5.41) is 3.35. The smallest absolute Gasteiger partial charge is 0.279 e. The lowest BCUT2D eigenvalue weighted by Gasteiger charge is -2.30. The maximum absolute atomic E-state index is 13.0. The van der Waals surface area contributed by atoms with Gasteiger partial charge in [-0.15, -0.1) is 11.3 Å². The Morgan fingerprint density at radius 3 is 2.60 bits per heavy atom. The van der Waals surface area contributed by atoms with Gasteiger partial charge in [0.25, 0.3) is 5.91 Å². The number of rotatable bonds is 7. The van der Waals surface area contributed by atoms with Gasteiger partial charge in [-0.2, -0.15) is 8.68 Å². The van der Waals surface area contributed by atoms with Crippen LogP contribution in [0.4, 0.5) is 5.13 Å². The monoisotopic (exact) mass is 553 g/mol. The fourth-order valence-electron chi connectivity index (χ4n) is 3.73. The highest BCUT2D eigenvalue weighted by Crippen LogP contribution is 2.33. The van der Waals surface area contributed by atoms with E-state index in [1.807, 2.05) is 6.92 Å². The standard InChI is InChI=1S/C22H24ClN5O4S3/c1-13-4-5-16(11-17(13)23)35(31,32)28-8-6-15(7-9-28)20-24-18(12-33-20)21(30)27(3)22-25-19(26-34-22)10-14(2)29/h4-5,11-12,15H,6-10H2,1-3H3. The molecule has 0 unspecified atom stereocenters. The summed E-state index contributed by atoms with van der Waals surface area (Å²) in [6.45, 7) is 4.02. The van der Waals surface area contributed by atoms with Crippen molar-refractivity contribution in [2.24, 2.45) is 0 Å². The first-order valence-corrected chi connectivity index (χ1v) is 14.3. The molecule has 13 heteroatoms. The van der Waals surface area contributed by atoms with Crippen molar-refractivity contribution < 1.29 is 18.0 Å². The molecule has 0 spiro atoms. The zero-order valence-electron chi connectivity index (χ0n) is 19.4. The molecule has 9 nitrogen and oxygen atoms in total. The molecule has 2 aromatic heterocycles.